The summed E-state index contributed by atoms with van der Waals surface area (Å²) in [6.45, 7) is 0.557. The summed E-state index contributed by atoms with van der Waals surface area (Å²) < 4.78 is 2.01. The zero-order valence-corrected chi connectivity index (χ0v) is 11.9. The molecule has 7 heteroatoms. The van der Waals surface area contributed by atoms with Crippen LogP contribution in [0.4, 0.5) is 0 Å². The molecule has 0 unspecified atom stereocenters. The quantitative estimate of drug-likeness (QED) is 0.443. The van der Waals surface area contributed by atoms with Gasteiger partial charge in [0.25, 0.3) is 5.91 Å². The normalized spacial score (nSPS) is 10.9. The summed E-state index contributed by atoms with van der Waals surface area (Å²) >= 11 is 7.47. The average molecular weight is 307 g/mol. The van der Waals surface area contributed by atoms with Crippen molar-refractivity contribution in [1.29, 1.82) is 0 Å². The van der Waals surface area contributed by atoms with Crippen LogP contribution >= 0.6 is 22.9 Å². The molecule has 20 heavy (non-hydrogen) atoms. The molecule has 2 aromatic heterocycles. The number of hydrazine groups is 1. The second-order valence-corrected chi connectivity index (χ2v) is 5.50. The van der Waals surface area contributed by atoms with Gasteiger partial charge in [-0.3, -0.25) is 10.2 Å². The Labute approximate surface area is 124 Å². The topological polar surface area (TPSA) is 72.9 Å². The molecule has 0 aliphatic carbocycles. The van der Waals surface area contributed by atoms with Gasteiger partial charge in [0.2, 0.25) is 0 Å². The van der Waals surface area contributed by atoms with E-state index in [0.717, 1.165) is 16.6 Å². The minimum atomic E-state index is -0.378. The molecule has 102 valence electrons. The van der Waals surface area contributed by atoms with Crippen molar-refractivity contribution in [3.05, 3.63) is 51.6 Å². The maximum Gasteiger partial charge on any atom is 0.294 e. The maximum absolute atomic E-state index is 11.4. The minimum Gasteiger partial charge on any atom is -0.340 e. The lowest BCUT2D eigenvalue weighted by Crippen LogP contribution is -2.29. The molecule has 0 atom stereocenters. The number of halogens is 1. The molecule has 0 radical (unpaired) electrons. The van der Waals surface area contributed by atoms with Gasteiger partial charge in [0, 0.05) is 22.5 Å². The molecule has 0 saturated heterocycles. The number of nitrogens with two attached hydrogens (primary N) is 1. The number of nitrogens with one attached hydrogen (secondary N) is 1. The third-order valence-electron chi connectivity index (χ3n) is 2.95. The molecule has 0 aliphatic rings. The Kier molecular flexibility index (Phi) is 3.43. The lowest BCUT2D eigenvalue weighted by Gasteiger charge is -2.02. The number of amides is 1. The van der Waals surface area contributed by atoms with E-state index < -0.39 is 0 Å². The van der Waals surface area contributed by atoms with Crippen molar-refractivity contribution in [3.8, 4) is 0 Å². The van der Waals surface area contributed by atoms with Crippen LogP contribution in [0.15, 0.2) is 35.8 Å². The summed E-state index contributed by atoms with van der Waals surface area (Å²) in [5, 5.41) is 3.90. The van der Waals surface area contributed by atoms with Gasteiger partial charge < -0.3 is 4.57 Å². The zero-order chi connectivity index (χ0) is 14.1. The molecule has 0 aliphatic heterocycles. The summed E-state index contributed by atoms with van der Waals surface area (Å²) in [5.74, 6) is 4.71. The molecule has 0 fully saturated rings. The summed E-state index contributed by atoms with van der Waals surface area (Å²) in [5.41, 5.74) is 3.91. The fourth-order valence-corrected chi connectivity index (χ4v) is 3.04. The Hall–Kier alpha value is -1.89. The molecular weight excluding hydrogens is 296 g/mol. The van der Waals surface area contributed by atoms with Crippen molar-refractivity contribution in [2.24, 2.45) is 5.84 Å². The van der Waals surface area contributed by atoms with E-state index in [1.807, 2.05) is 40.4 Å². The molecule has 3 aromatic rings. The van der Waals surface area contributed by atoms with Crippen molar-refractivity contribution >= 4 is 39.7 Å². The summed E-state index contributed by atoms with van der Waals surface area (Å²) in [6.07, 6.45) is 1.87. The Morgan fingerprint density at radius 2 is 2.25 bits per heavy atom. The smallest absolute Gasteiger partial charge is 0.294 e. The largest absolute Gasteiger partial charge is 0.340 e. The van der Waals surface area contributed by atoms with Gasteiger partial charge in [0.1, 0.15) is 0 Å². The van der Waals surface area contributed by atoms with Crippen LogP contribution in [0.5, 0.6) is 0 Å². The SMILES string of the molecule is NNC(=O)c1nc(Cn2cc(Cl)c3ccccc32)cs1. The number of fused-ring (bicyclic) bond motifs is 1. The highest BCUT2D eigenvalue weighted by atomic mass is 35.5. The fraction of sp³-hybridized carbons (Fsp3) is 0.0769. The number of nitrogens with zero attached hydrogens (tertiary/aromatic N) is 2. The van der Waals surface area contributed by atoms with Gasteiger partial charge in [0.05, 0.1) is 17.3 Å². The summed E-state index contributed by atoms with van der Waals surface area (Å²) in [6, 6.07) is 7.89. The van der Waals surface area contributed by atoms with Gasteiger partial charge >= 0.3 is 0 Å². The maximum atomic E-state index is 11.4. The van der Waals surface area contributed by atoms with Gasteiger partial charge in [0.15, 0.2) is 5.01 Å². The van der Waals surface area contributed by atoms with Crippen molar-refractivity contribution in [2.45, 2.75) is 6.54 Å². The number of carbonyl (C=O) groups excluding carboxylic acids is 1. The van der Waals surface area contributed by atoms with Crippen molar-refractivity contribution < 1.29 is 4.79 Å². The van der Waals surface area contributed by atoms with Crippen LogP contribution < -0.4 is 11.3 Å². The molecule has 0 spiro atoms. The number of hydrogen-bond donors (Lipinski definition) is 2. The first-order valence-electron chi connectivity index (χ1n) is 5.88. The minimum absolute atomic E-state index is 0.352. The Morgan fingerprint density at radius 1 is 1.45 bits per heavy atom. The predicted octanol–water partition coefficient (Wildman–Crippen LogP) is 2.40. The number of hydrogen-bond acceptors (Lipinski definition) is 4. The molecule has 3 rings (SSSR count). The lowest BCUT2D eigenvalue weighted by atomic mass is 10.2. The molecule has 1 aromatic carbocycles. The van der Waals surface area contributed by atoms with Gasteiger partial charge in [-0.05, 0) is 6.07 Å². The highest BCUT2D eigenvalue weighted by Crippen LogP contribution is 2.26. The van der Waals surface area contributed by atoms with E-state index in [1.54, 1.807) is 0 Å². The molecule has 1 amide bonds. The Morgan fingerprint density at radius 3 is 3.05 bits per heavy atom. The summed E-state index contributed by atoms with van der Waals surface area (Å²) in [4.78, 5) is 15.6. The van der Waals surface area contributed by atoms with Crippen LogP contribution in [0.25, 0.3) is 10.9 Å². The van der Waals surface area contributed by atoms with Crippen molar-refractivity contribution in [1.82, 2.24) is 15.0 Å². The number of carbonyl (C=O) groups is 1. The van der Waals surface area contributed by atoms with E-state index in [1.165, 1.54) is 11.3 Å². The Bertz CT molecular complexity index is 780. The third kappa shape index (κ3) is 2.29. The van der Waals surface area contributed by atoms with Gasteiger partial charge in [-0.15, -0.1) is 11.3 Å². The van der Waals surface area contributed by atoms with E-state index in [9.17, 15) is 4.79 Å². The van der Waals surface area contributed by atoms with E-state index in [-0.39, 0.29) is 5.91 Å². The number of nitrogen functional groups attached to an aromatic ring is 1. The number of thiazole rings is 1. The highest BCUT2D eigenvalue weighted by Gasteiger charge is 2.11. The molecule has 3 N–H and O–H groups in total. The van der Waals surface area contributed by atoms with Crippen molar-refractivity contribution in [3.63, 3.8) is 0 Å². The number of aromatic nitrogens is 2. The zero-order valence-electron chi connectivity index (χ0n) is 10.3. The van der Waals surface area contributed by atoms with E-state index in [2.05, 4.69) is 10.4 Å². The predicted molar refractivity (Wildman–Crippen MR) is 79.8 cm³/mol. The molecule has 2 heterocycles. The Balaban J connectivity index is 1.93. The van der Waals surface area contributed by atoms with Gasteiger partial charge in [-0.1, -0.05) is 29.8 Å². The van der Waals surface area contributed by atoms with Crippen LogP contribution in [-0.2, 0) is 6.54 Å². The number of rotatable bonds is 3. The third-order valence-corrected chi connectivity index (χ3v) is 4.14. The molecular formula is C13H11ClN4OS. The monoisotopic (exact) mass is 306 g/mol. The van der Waals surface area contributed by atoms with E-state index in [4.69, 9.17) is 17.4 Å². The molecule has 0 saturated carbocycles. The number of para-hydroxylation sites is 1. The molecule has 5 nitrogen and oxygen atoms in total. The molecule has 0 bridgehead atoms. The average Bonchev–Trinajstić information content (AvgIpc) is 3.05. The highest BCUT2D eigenvalue weighted by molar-refractivity contribution is 7.11. The van der Waals surface area contributed by atoms with Crippen LogP contribution in [0.3, 0.4) is 0 Å². The number of benzene rings is 1. The van der Waals surface area contributed by atoms with Crippen LogP contribution in [0.1, 0.15) is 15.5 Å². The van der Waals surface area contributed by atoms with E-state index >= 15 is 0 Å². The van der Waals surface area contributed by atoms with Crippen LogP contribution in [0.2, 0.25) is 5.02 Å². The first kappa shape index (κ1) is 13.1. The van der Waals surface area contributed by atoms with Gasteiger partial charge in [-0.2, -0.15) is 0 Å². The van der Waals surface area contributed by atoms with Crippen molar-refractivity contribution in [2.75, 3.05) is 0 Å². The lowest BCUT2D eigenvalue weighted by molar-refractivity contribution is 0.0953. The first-order valence-corrected chi connectivity index (χ1v) is 7.13. The summed E-state index contributed by atoms with van der Waals surface area (Å²) in [7, 11) is 0. The van der Waals surface area contributed by atoms with E-state index in [0.29, 0.717) is 16.6 Å². The van der Waals surface area contributed by atoms with Crippen LogP contribution in [0, 0.1) is 0 Å². The second kappa shape index (κ2) is 5.24. The fourth-order valence-electron chi connectivity index (χ4n) is 2.05. The van der Waals surface area contributed by atoms with Gasteiger partial charge in [-0.25, -0.2) is 10.8 Å². The second-order valence-electron chi connectivity index (χ2n) is 4.24. The van der Waals surface area contributed by atoms with Crippen LogP contribution in [-0.4, -0.2) is 15.5 Å². The standard InChI is InChI=1S/C13H11ClN4OS/c14-10-6-18(11-4-2-1-3-9(10)11)5-8-7-20-13(16-8)12(19)17-15/h1-4,6-7H,5,15H2,(H,17,19). The first-order chi connectivity index (χ1) is 9.69.